The number of piperazine rings is 1. The Labute approximate surface area is 174 Å². The molecule has 150 valence electrons. The lowest BCUT2D eigenvalue weighted by Gasteiger charge is -2.34. The van der Waals surface area contributed by atoms with Crippen LogP contribution in [0.25, 0.3) is 0 Å². The van der Waals surface area contributed by atoms with Crippen LogP contribution >= 0.6 is 11.3 Å². The third-order valence-electron chi connectivity index (χ3n) is 4.99. The Morgan fingerprint density at radius 2 is 1.69 bits per heavy atom. The molecule has 0 atom stereocenters. The number of hydrogen-bond donors (Lipinski definition) is 0. The molecule has 0 aliphatic carbocycles. The maximum atomic E-state index is 13.0. The minimum Gasteiger partial charge on any atom is -0.489 e. The van der Waals surface area contributed by atoms with Crippen LogP contribution in [0.15, 0.2) is 66.0 Å². The molecule has 4 rings (SSSR count). The second-order valence-corrected chi connectivity index (χ2v) is 8.03. The predicted octanol–water partition coefficient (Wildman–Crippen LogP) is 4.42. The quantitative estimate of drug-likeness (QED) is 0.603. The van der Waals surface area contributed by atoms with E-state index in [0.29, 0.717) is 19.7 Å². The van der Waals surface area contributed by atoms with Crippen molar-refractivity contribution in [2.75, 3.05) is 26.2 Å². The first kappa shape index (κ1) is 19.6. The number of thiophene rings is 1. The first-order valence-corrected chi connectivity index (χ1v) is 10.6. The summed E-state index contributed by atoms with van der Waals surface area (Å²) in [5, 5.41) is 1.99. The summed E-state index contributed by atoms with van der Waals surface area (Å²) in [6, 6.07) is 18.2. The van der Waals surface area contributed by atoms with E-state index in [2.05, 4.69) is 4.90 Å². The van der Waals surface area contributed by atoms with Crippen molar-refractivity contribution >= 4 is 17.2 Å². The average molecular weight is 411 g/mol. The van der Waals surface area contributed by atoms with Gasteiger partial charge in [0.05, 0.1) is 4.88 Å². The monoisotopic (exact) mass is 410 g/mol. The lowest BCUT2D eigenvalue weighted by atomic mass is 10.2. The van der Waals surface area contributed by atoms with Crippen LogP contribution in [0.5, 0.6) is 5.75 Å². The Morgan fingerprint density at radius 1 is 0.966 bits per heavy atom. The Hall–Kier alpha value is -2.70. The van der Waals surface area contributed by atoms with E-state index in [1.165, 1.54) is 23.5 Å². The maximum Gasteiger partial charge on any atom is 0.264 e. The highest BCUT2D eigenvalue weighted by molar-refractivity contribution is 7.12. The third-order valence-corrected chi connectivity index (χ3v) is 5.96. The van der Waals surface area contributed by atoms with Crippen LogP contribution in [0.3, 0.4) is 0 Å². The summed E-state index contributed by atoms with van der Waals surface area (Å²) in [5.74, 6) is 0.694. The Kier molecular flexibility index (Phi) is 6.22. The highest BCUT2D eigenvalue weighted by Crippen LogP contribution is 2.20. The lowest BCUT2D eigenvalue weighted by molar-refractivity contribution is 0.0633. The molecule has 1 saturated heterocycles. The summed E-state index contributed by atoms with van der Waals surface area (Å²) in [6.07, 6.45) is 0. The van der Waals surface area contributed by atoms with Crippen LogP contribution in [-0.4, -0.2) is 41.9 Å². The minimum atomic E-state index is -0.214. The summed E-state index contributed by atoms with van der Waals surface area (Å²) < 4.78 is 18.8. The maximum absolute atomic E-state index is 13.0. The molecule has 0 N–H and O–H groups in total. The van der Waals surface area contributed by atoms with E-state index in [-0.39, 0.29) is 11.7 Å². The van der Waals surface area contributed by atoms with Crippen molar-refractivity contribution in [1.82, 2.24) is 9.80 Å². The number of carbonyl (C=O) groups excluding carboxylic acids is 1. The molecule has 29 heavy (non-hydrogen) atoms. The molecule has 2 heterocycles. The van der Waals surface area contributed by atoms with Gasteiger partial charge in [0.25, 0.3) is 5.91 Å². The molecule has 0 bridgehead atoms. The van der Waals surface area contributed by atoms with Crippen molar-refractivity contribution in [2.24, 2.45) is 0 Å². The van der Waals surface area contributed by atoms with Crippen LogP contribution in [0.4, 0.5) is 4.39 Å². The van der Waals surface area contributed by atoms with E-state index < -0.39 is 0 Å². The number of rotatable bonds is 6. The fourth-order valence-corrected chi connectivity index (χ4v) is 4.22. The van der Waals surface area contributed by atoms with Crippen molar-refractivity contribution in [2.45, 2.75) is 13.2 Å². The van der Waals surface area contributed by atoms with E-state index >= 15 is 0 Å². The molecule has 0 spiro atoms. The Morgan fingerprint density at radius 3 is 2.41 bits per heavy atom. The fraction of sp³-hybridized carbons (Fsp3) is 0.261. The number of hydrogen-bond acceptors (Lipinski definition) is 4. The third kappa shape index (κ3) is 5.22. The van der Waals surface area contributed by atoms with Gasteiger partial charge in [-0.3, -0.25) is 9.69 Å². The molecule has 1 aliphatic heterocycles. The van der Waals surface area contributed by atoms with Gasteiger partial charge in [0, 0.05) is 38.3 Å². The standard InChI is InChI=1S/C23H23FN2O2S/c24-20-8-6-18(7-9-20)15-25-10-12-26(13-11-25)23(27)22-14-19(17-29-22)16-28-21-4-2-1-3-5-21/h1-9,14,17H,10-13,15-16H2. The Bertz CT molecular complexity index is 935. The molecule has 6 heteroatoms. The molecule has 0 unspecified atom stereocenters. The zero-order chi connectivity index (χ0) is 20.1. The van der Waals surface area contributed by atoms with E-state index in [0.717, 1.165) is 41.4 Å². The van der Waals surface area contributed by atoms with E-state index in [9.17, 15) is 9.18 Å². The summed E-state index contributed by atoms with van der Waals surface area (Å²) in [7, 11) is 0. The highest BCUT2D eigenvalue weighted by Gasteiger charge is 2.23. The molecule has 4 nitrogen and oxygen atoms in total. The molecule has 0 radical (unpaired) electrons. The van der Waals surface area contributed by atoms with Gasteiger partial charge >= 0.3 is 0 Å². The molecular weight excluding hydrogens is 387 g/mol. The zero-order valence-corrected chi connectivity index (χ0v) is 16.9. The second kappa shape index (κ2) is 9.20. The summed E-state index contributed by atoms with van der Waals surface area (Å²) in [6.45, 7) is 4.28. The van der Waals surface area contributed by atoms with Gasteiger partial charge in [-0.25, -0.2) is 4.39 Å². The van der Waals surface area contributed by atoms with Crippen molar-refractivity contribution in [3.8, 4) is 5.75 Å². The average Bonchev–Trinajstić information content (AvgIpc) is 3.24. The molecule has 2 aromatic carbocycles. The second-order valence-electron chi connectivity index (χ2n) is 7.12. The molecule has 0 saturated carbocycles. The van der Waals surface area contributed by atoms with Gasteiger partial charge in [0.2, 0.25) is 0 Å². The fourth-order valence-electron chi connectivity index (χ4n) is 3.36. The van der Waals surface area contributed by atoms with Gasteiger partial charge in [0.1, 0.15) is 18.2 Å². The highest BCUT2D eigenvalue weighted by atomic mass is 32.1. The van der Waals surface area contributed by atoms with Crippen LogP contribution in [-0.2, 0) is 13.2 Å². The largest absolute Gasteiger partial charge is 0.489 e. The number of nitrogens with zero attached hydrogens (tertiary/aromatic N) is 2. The number of benzene rings is 2. The summed E-state index contributed by atoms with van der Waals surface area (Å²) >= 11 is 1.47. The molecule has 1 aliphatic rings. The lowest BCUT2D eigenvalue weighted by Crippen LogP contribution is -2.48. The minimum absolute atomic E-state index is 0.0855. The van der Waals surface area contributed by atoms with Gasteiger partial charge in [-0.1, -0.05) is 30.3 Å². The number of amides is 1. The molecule has 1 fully saturated rings. The van der Waals surface area contributed by atoms with E-state index in [1.54, 1.807) is 0 Å². The molecule has 1 amide bonds. The topological polar surface area (TPSA) is 32.8 Å². The molecule has 3 aromatic rings. The molecule has 1 aromatic heterocycles. The SMILES string of the molecule is O=C(c1cc(COc2ccccc2)cs1)N1CCN(Cc2ccc(F)cc2)CC1. The smallest absolute Gasteiger partial charge is 0.264 e. The predicted molar refractivity (Wildman–Crippen MR) is 113 cm³/mol. The van der Waals surface area contributed by atoms with Crippen molar-refractivity contribution in [1.29, 1.82) is 0 Å². The number of halogens is 1. The number of para-hydroxylation sites is 1. The van der Waals surface area contributed by atoms with Gasteiger partial charge in [-0.05, 0) is 41.3 Å². The number of carbonyl (C=O) groups is 1. The van der Waals surface area contributed by atoms with Crippen molar-refractivity contribution in [3.05, 3.63) is 87.9 Å². The van der Waals surface area contributed by atoms with Gasteiger partial charge in [0.15, 0.2) is 0 Å². The Balaban J connectivity index is 1.27. The first-order chi connectivity index (χ1) is 14.2. The first-order valence-electron chi connectivity index (χ1n) is 9.69. The van der Waals surface area contributed by atoms with Crippen molar-refractivity contribution < 1.29 is 13.9 Å². The summed E-state index contributed by atoms with van der Waals surface area (Å²) in [4.78, 5) is 17.8. The van der Waals surface area contributed by atoms with Crippen LogP contribution < -0.4 is 4.74 Å². The summed E-state index contributed by atoms with van der Waals surface area (Å²) in [5.41, 5.74) is 2.10. The van der Waals surface area contributed by atoms with Crippen LogP contribution in [0.2, 0.25) is 0 Å². The van der Waals surface area contributed by atoms with Crippen LogP contribution in [0.1, 0.15) is 20.8 Å². The number of ether oxygens (including phenoxy) is 1. The van der Waals surface area contributed by atoms with Gasteiger partial charge < -0.3 is 9.64 Å². The normalized spacial score (nSPS) is 14.7. The van der Waals surface area contributed by atoms with E-state index in [4.69, 9.17) is 4.74 Å². The molecular formula is C23H23FN2O2S. The van der Waals surface area contributed by atoms with Crippen LogP contribution in [0, 0.1) is 5.82 Å². The van der Waals surface area contributed by atoms with Gasteiger partial charge in [-0.2, -0.15) is 0 Å². The van der Waals surface area contributed by atoms with E-state index in [1.807, 2.05) is 58.8 Å². The van der Waals surface area contributed by atoms with Gasteiger partial charge in [-0.15, -0.1) is 11.3 Å². The van der Waals surface area contributed by atoms with Crippen molar-refractivity contribution in [3.63, 3.8) is 0 Å². The zero-order valence-electron chi connectivity index (χ0n) is 16.1.